The molecule has 0 atom stereocenters. The molecule has 3 aromatic rings. The number of rotatable bonds is 5. The molecule has 0 saturated carbocycles. The van der Waals surface area contributed by atoms with E-state index in [1.807, 2.05) is 12.1 Å². The number of hydrogen-bond acceptors (Lipinski definition) is 5. The SMILES string of the molecule is COc1cn(-c2cccc(C(F)(F)F)c2)nc1C(=O)N1CCN(Cc2ccc(Cl)s2)CC1. The Balaban J connectivity index is 1.47. The normalized spacial score (nSPS) is 15.2. The highest BCUT2D eigenvalue weighted by Gasteiger charge is 2.31. The zero-order chi connectivity index (χ0) is 22.9. The van der Waals surface area contributed by atoms with E-state index in [0.717, 1.165) is 27.9 Å². The molecule has 0 aliphatic carbocycles. The molecule has 0 spiro atoms. The summed E-state index contributed by atoms with van der Waals surface area (Å²) in [7, 11) is 1.40. The molecular weight excluding hydrogens is 465 g/mol. The Hall–Kier alpha value is -2.56. The highest BCUT2D eigenvalue weighted by atomic mass is 35.5. The molecule has 0 bridgehead atoms. The molecule has 11 heteroatoms. The van der Waals surface area contributed by atoms with E-state index in [-0.39, 0.29) is 23.0 Å². The summed E-state index contributed by atoms with van der Waals surface area (Å²) >= 11 is 7.52. The molecule has 1 saturated heterocycles. The number of halogens is 4. The summed E-state index contributed by atoms with van der Waals surface area (Å²) in [5.74, 6) is -0.102. The summed E-state index contributed by atoms with van der Waals surface area (Å²) in [5.41, 5.74) is -0.527. The fourth-order valence-corrected chi connectivity index (χ4v) is 4.66. The van der Waals surface area contributed by atoms with Crippen LogP contribution in [0.4, 0.5) is 13.2 Å². The number of alkyl halides is 3. The highest BCUT2D eigenvalue weighted by molar-refractivity contribution is 7.16. The molecule has 170 valence electrons. The fourth-order valence-electron chi connectivity index (χ4n) is 3.53. The van der Waals surface area contributed by atoms with Gasteiger partial charge in [-0.1, -0.05) is 17.7 Å². The number of nitrogens with zero attached hydrogens (tertiary/aromatic N) is 4. The molecule has 32 heavy (non-hydrogen) atoms. The maximum absolute atomic E-state index is 13.1. The number of methoxy groups -OCH3 is 1. The third-order valence-corrected chi connectivity index (χ3v) is 6.42. The van der Waals surface area contributed by atoms with Gasteiger partial charge in [-0.3, -0.25) is 9.69 Å². The predicted octanol–water partition coefficient (Wildman–Crippen LogP) is 4.57. The van der Waals surface area contributed by atoms with Crippen molar-refractivity contribution >= 4 is 28.8 Å². The summed E-state index contributed by atoms with van der Waals surface area (Å²) in [4.78, 5) is 18.2. The van der Waals surface area contributed by atoms with Crippen LogP contribution in [0.1, 0.15) is 20.9 Å². The Morgan fingerprint density at radius 2 is 1.94 bits per heavy atom. The molecule has 1 fully saturated rings. The zero-order valence-corrected chi connectivity index (χ0v) is 18.7. The number of piperazine rings is 1. The van der Waals surface area contributed by atoms with Crippen LogP contribution in [0.5, 0.6) is 5.75 Å². The number of carbonyl (C=O) groups is 1. The van der Waals surface area contributed by atoms with Crippen LogP contribution in [0.3, 0.4) is 0 Å². The van der Waals surface area contributed by atoms with Crippen molar-refractivity contribution in [1.82, 2.24) is 19.6 Å². The molecule has 0 unspecified atom stereocenters. The molecule has 1 aromatic carbocycles. The number of thiophene rings is 1. The number of ether oxygens (including phenoxy) is 1. The second kappa shape index (κ2) is 9.13. The van der Waals surface area contributed by atoms with Gasteiger partial charge in [0.05, 0.1) is 28.9 Å². The van der Waals surface area contributed by atoms with Crippen molar-refractivity contribution in [3.05, 3.63) is 63.1 Å². The van der Waals surface area contributed by atoms with E-state index in [2.05, 4.69) is 10.00 Å². The number of aromatic nitrogens is 2. The molecule has 0 N–H and O–H groups in total. The van der Waals surface area contributed by atoms with Crippen molar-refractivity contribution in [2.75, 3.05) is 33.3 Å². The van der Waals surface area contributed by atoms with E-state index >= 15 is 0 Å². The Kier molecular flexibility index (Phi) is 6.45. The average molecular weight is 485 g/mol. The van der Waals surface area contributed by atoms with Gasteiger partial charge in [0.2, 0.25) is 0 Å². The van der Waals surface area contributed by atoms with Gasteiger partial charge >= 0.3 is 6.18 Å². The first kappa shape index (κ1) is 22.6. The van der Waals surface area contributed by atoms with Gasteiger partial charge in [-0.15, -0.1) is 11.3 Å². The van der Waals surface area contributed by atoms with Gasteiger partial charge in [-0.2, -0.15) is 18.3 Å². The van der Waals surface area contributed by atoms with Gasteiger partial charge in [0.25, 0.3) is 5.91 Å². The Morgan fingerprint density at radius 1 is 1.19 bits per heavy atom. The first-order valence-electron chi connectivity index (χ1n) is 9.82. The third kappa shape index (κ3) is 4.92. The van der Waals surface area contributed by atoms with Crippen molar-refractivity contribution in [2.45, 2.75) is 12.7 Å². The molecule has 1 aliphatic rings. The Morgan fingerprint density at radius 3 is 2.56 bits per heavy atom. The van der Waals surface area contributed by atoms with Crippen molar-refractivity contribution in [3.8, 4) is 11.4 Å². The lowest BCUT2D eigenvalue weighted by atomic mass is 10.2. The minimum Gasteiger partial charge on any atom is -0.493 e. The topological polar surface area (TPSA) is 50.6 Å². The molecule has 1 amide bonds. The third-order valence-electron chi connectivity index (χ3n) is 5.21. The number of amides is 1. The van der Waals surface area contributed by atoms with Gasteiger partial charge < -0.3 is 9.64 Å². The van der Waals surface area contributed by atoms with Gasteiger partial charge in [-0.05, 0) is 30.3 Å². The molecule has 0 radical (unpaired) electrons. The van der Waals surface area contributed by atoms with E-state index in [1.54, 1.807) is 4.90 Å². The van der Waals surface area contributed by atoms with E-state index in [4.69, 9.17) is 16.3 Å². The van der Waals surface area contributed by atoms with E-state index in [9.17, 15) is 18.0 Å². The Bertz CT molecular complexity index is 1110. The number of benzene rings is 1. The first-order valence-corrected chi connectivity index (χ1v) is 11.0. The monoisotopic (exact) mass is 484 g/mol. The minimum absolute atomic E-state index is 0.0726. The lowest BCUT2D eigenvalue weighted by Gasteiger charge is -2.34. The summed E-state index contributed by atoms with van der Waals surface area (Å²) in [5, 5.41) is 4.25. The minimum atomic E-state index is -4.47. The van der Waals surface area contributed by atoms with Crippen molar-refractivity contribution in [1.29, 1.82) is 0 Å². The second-order valence-corrected chi connectivity index (χ2v) is 9.11. The molecule has 6 nitrogen and oxygen atoms in total. The molecule has 2 aromatic heterocycles. The van der Waals surface area contributed by atoms with Crippen molar-refractivity contribution in [3.63, 3.8) is 0 Å². The largest absolute Gasteiger partial charge is 0.493 e. The fraction of sp³-hybridized carbons (Fsp3) is 0.333. The highest BCUT2D eigenvalue weighted by Crippen LogP contribution is 2.31. The number of hydrogen-bond donors (Lipinski definition) is 0. The van der Waals surface area contributed by atoms with Crippen LogP contribution in [0.2, 0.25) is 4.34 Å². The van der Waals surface area contributed by atoms with Crippen molar-refractivity contribution < 1.29 is 22.7 Å². The van der Waals surface area contributed by atoms with Crippen molar-refractivity contribution in [2.24, 2.45) is 0 Å². The summed E-state index contributed by atoms with van der Waals surface area (Å²) < 4.78 is 46.4. The average Bonchev–Trinajstić information content (AvgIpc) is 3.39. The van der Waals surface area contributed by atoms with E-state index in [0.29, 0.717) is 26.2 Å². The smallest absolute Gasteiger partial charge is 0.416 e. The van der Waals surface area contributed by atoms with Gasteiger partial charge in [0.1, 0.15) is 0 Å². The number of carbonyl (C=O) groups excluding carboxylic acids is 1. The van der Waals surface area contributed by atoms with E-state index in [1.165, 1.54) is 41.5 Å². The maximum atomic E-state index is 13.1. The lowest BCUT2D eigenvalue weighted by molar-refractivity contribution is -0.137. The van der Waals surface area contributed by atoms with Gasteiger partial charge in [-0.25, -0.2) is 4.68 Å². The molecule has 4 rings (SSSR count). The summed E-state index contributed by atoms with van der Waals surface area (Å²) in [6, 6.07) is 8.62. The predicted molar refractivity (Wildman–Crippen MR) is 116 cm³/mol. The van der Waals surface area contributed by atoms with Crippen LogP contribution >= 0.6 is 22.9 Å². The second-order valence-electron chi connectivity index (χ2n) is 7.31. The summed E-state index contributed by atoms with van der Waals surface area (Å²) in [6.07, 6.45) is -3.06. The van der Waals surface area contributed by atoms with Gasteiger partial charge in [0, 0.05) is 37.6 Å². The van der Waals surface area contributed by atoms with Crippen LogP contribution in [-0.4, -0.2) is 58.8 Å². The summed E-state index contributed by atoms with van der Waals surface area (Å²) in [6.45, 7) is 3.18. The molecular formula is C21H20ClF3N4O2S. The lowest BCUT2D eigenvalue weighted by Crippen LogP contribution is -2.48. The standard InChI is InChI=1S/C21H20ClF3N4O2S/c1-31-17-13-29(15-4-2-3-14(11-15)21(23,24)25)26-19(17)20(30)28-9-7-27(8-10-28)12-16-5-6-18(22)32-16/h2-6,11,13H,7-10,12H2,1H3. The maximum Gasteiger partial charge on any atom is 0.416 e. The van der Waals surface area contributed by atoms with Crippen LogP contribution in [0, 0.1) is 0 Å². The molecule has 3 heterocycles. The van der Waals surface area contributed by atoms with Crippen LogP contribution in [0.15, 0.2) is 42.6 Å². The Labute approximate surface area is 191 Å². The first-order chi connectivity index (χ1) is 15.2. The van der Waals surface area contributed by atoms with Crippen LogP contribution in [0.25, 0.3) is 5.69 Å². The van der Waals surface area contributed by atoms with Crippen LogP contribution in [-0.2, 0) is 12.7 Å². The quantitative estimate of drug-likeness (QED) is 0.532. The van der Waals surface area contributed by atoms with Gasteiger partial charge in [0.15, 0.2) is 11.4 Å². The van der Waals surface area contributed by atoms with Crippen LogP contribution < -0.4 is 4.74 Å². The zero-order valence-electron chi connectivity index (χ0n) is 17.1. The van der Waals surface area contributed by atoms with E-state index < -0.39 is 11.7 Å². The molecule has 1 aliphatic heterocycles.